The van der Waals surface area contributed by atoms with Crippen LogP contribution in [0.1, 0.15) is 32.4 Å². The summed E-state index contributed by atoms with van der Waals surface area (Å²) >= 11 is 0. The minimum Gasteiger partial charge on any atom is -0.444 e. The first-order valence-corrected chi connectivity index (χ1v) is 6.40. The minimum absolute atomic E-state index is 0.196. The average Bonchev–Trinajstić information content (AvgIpc) is 2.92. The van der Waals surface area contributed by atoms with Crippen LogP contribution in [0.3, 0.4) is 0 Å². The summed E-state index contributed by atoms with van der Waals surface area (Å²) in [5, 5.41) is 22.9. The standard InChI is InChI=1S/C13H18N4O3/c1-13(2,3)20-12(19)16-7-10(11(18)8-16)17-6-9(4-14)5-15-17/h5-6,10-11,18H,7-8H2,1-3H3. The molecule has 1 N–H and O–H groups in total. The normalized spacial score (nSPS) is 22.6. The van der Waals surface area contributed by atoms with Crippen molar-refractivity contribution in [1.29, 1.82) is 5.26 Å². The molecule has 1 fully saturated rings. The summed E-state index contributed by atoms with van der Waals surface area (Å²) in [5.41, 5.74) is -0.146. The fraction of sp³-hybridized carbons (Fsp3) is 0.615. The van der Waals surface area contributed by atoms with Gasteiger partial charge < -0.3 is 14.7 Å². The molecule has 0 bridgehead atoms. The molecular weight excluding hydrogens is 260 g/mol. The highest BCUT2D eigenvalue weighted by atomic mass is 16.6. The first kappa shape index (κ1) is 14.3. The van der Waals surface area contributed by atoms with Gasteiger partial charge in [-0.15, -0.1) is 0 Å². The molecule has 2 rings (SSSR count). The second-order valence-corrected chi connectivity index (χ2v) is 5.84. The Hall–Kier alpha value is -2.07. The van der Waals surface area contributed by atoms with Crippen molar-refractivity contribution in [2.75, 3.05) is 13.1 Å². The molecule has 0 aliphatic carbocycles. The lowest BCUT2D eigenvalue weighted by molar-refractivity contribution is 0.0270. The Morgan fingerprint density at radius 2 is 2.25 bits per heavy atom. The third-order valence-corrected chi connectivity index (χ3v) is 2.98. The fourth-order valence-electron chi connectivity index (χ4n) is 2.08. The van der Waals surface area contributed by atoms with Crippen LogP contribution < -0.4 is 0 Å². The Bertz CT molecular complexity index is 541. The Kier molecular flexibility index (Phi) is 3.68. The van der Waals surface area contributed by atoms with E-state index in [2.05, 4.69) is 5.10 Å². The second kappa shape index (κ2) is 5.13. The van der Waals surface area contributed by atoms with Crippen LogP contribution >= 0.6 is 0 Å². The number of ether oxygens (including phenoxy) is 1. The van der Waals surface area contributed by atoms with Gasteiger partial charge in [-0.2, -0.15) is 10.4 Å². The Morgan fingerprint density at radius 3 is 2.80 bits per heavy atom. The van der Waals surface area contributed by atoms with Crippen LogP contribution in [0, 0.1) is 11.3 Å². The number of hydrogen-bond acceptors (Lipinski definition) is 5. The van der Waals surface area contributed by atoms with Gasteiger partial charge in [0.25, 0.3) is 0 Å². The van der Waals surface area contributed by atoms with E-state index in [1.54, 1.807) is 27.0 Å². The summed E-state index contributed by atoms with van der Waals surface area (Å²) in [4.78, 5) is 13.4. The maximum Gasteiger partial charge on any atom is 0.410 e. The predicted octanol–water partition coefficient (Wildman–Crippen LogP) is 0.907. The lowest BCUT2D eigenvalue weighted by Gasteiger charge is -2.24. The summed E-state index contributed by atoms with van der Waals surface area (Å²) in [6.07, 6.45) is 1.82. The molecule has 1 aromatic heterocycles. The lowest BCUT2D eigenvalue weighted by atomic mass is 10.2. The minimum atomic E-state index is -0.728. The van der Waals surface area contributed by atoms with Crippen molar-refractivity contribution in [3.8, 4) is 6.07 Å². The van der Waals surface area contributed by atoms with Gasteiger partial charge in [-0.1, -0.05) is 0 Å². The molecule has 2 heterocycles. The Labute approximate surface area is 117 Å². The summed E-state index contributed by atoms with van der Waals surface area (Å²) < 4.78 is 6.80. The SMILES string of the molecule is CC(C)(C)OC(=O)N1CC(O)C(n2cc(C#N)cn2)C1. The van der Waals surface area contributed by atoms with Crippen LogP contribution in [0.2, 0.25) is 0 Å². The fourth-order valence-corrected chi connectivity index (χ4v) is 2.08. The first-order chi connectivity index (χ1) is 9.30. The molecule has 1 aromatic rings. The summed E-state index contributed by atoms with van der Waals surface area (Å²) in [5.74, 6) is 0. The van der Waals surface area contributed by atoms with E-state index in [0.717, 1.165) is 0 Å². The van der Waals surface area contributed by atoms with Gasteiger partial charge in [-0.25, -0.2) is 4.79 Å². The van der Waals surface area contributed by atoms with E-state index >= 15 is 0 Å². The highest BCUT2D eigenvalue weighted by molar-refractivity contribution is 5.68. The topological polar surface area (TPSA) is 91.4 Å². The van der Waals surface area contributed by atoms with Gasteiger partial charge in [-0.05, 0) is 20.8 Å². The zero-order valence-corrected chi connectivity index (χ0v) is 11.8. The van der Waals surface area contributed by atoms with Gasteiger partial charge in [0.2, 0.25) is 0 Å². The van der Waals surface area contributed by atoms with Gasteiger partial charge in [-0.3, -0.25) is 4.68 Å². The van der Waals surface area contributed by atoms with E-state index in [1.807, 2.05) is 6.07 Å². The van der Waals surface area contributed by atoms with Crippen molar-refractivity contribution in [1.82, 2.24) is 14.7 Å². The van der Waals surface area contributed by atoms with Crippen LogP contribution in [0.5, 0.6) is 0 Å². The first-order valence-electron chi connectivity index (χ1n) is 6.40. The lowest BCUT2D eigenvalue weighted by Crippen LogP contribution is -2.35. The van der Waals surface area contributed by atoms with Crippen LogP contribution in [0.4, 0.5) is 4.79 Å². The van der Waals surface area contributed by atoms with Crippen molar-refractivity contribution in [3.63, 3.8) is 0 Å². The molecule has 0 spiro atoms. The molecule has 20 heavy (non-hydrogen) atoms. The Morgan fingerprint density at radius 1 is 1.55 bits per heavy atom. The number of amides is 1. The highest BCUT2D eigenvalue weighted by Crippen LogP contribution is 2.23. The molecule has 2 atom stereocenters. The van der Waals surface area contributed by atoms with Gasteiger partial charge in [0.1, 0.15) is 11.7 Å². The third kappa shape index (κ3) is 3.08. The quantitative estimate of drug-likeness (QED) is 0.824. The van der Waals surface area contributed by atoms with Crippen molar-refractivity contribution in [3.05, 3.63) is 18.0 Å². The molecule has 0 radical (unpaired) electrons. The number of nitrogens with zero attached hydrogens (tertiary/aromatic N) is 4. The molecule has 0 saturated carbocycles. The zero-order chi connectivity index (χ0) is 14.9. The summed E-state index contributed by atoms with van der Waals surface area (Å²) in [6, 6.07) is 1.62. The molecule has 1 saturated heterocycles. The number of rotatable bonds is 1. The molecule has 7 heteroatoms. The van der Waals surface area contributed by atoms with E-state index in [-0.39, 0.29) is 12.6 Å². The number of aromatic nitrogens is 2. The number of aliphatic hydroxyl groups is 1. The van der Waals surface area contributed by atoms with Crippen LogP contribution in [-0.4, -0.2) is 50.7 Å². The van der Waals surface area contributed by atoms with Crippen molar-refractivity contribution < 1.29 is 14.6 Å². The number of carbonyl (C=O) groups is 1. The molecule has 7 nitrogen and oxygen atoms in total. The Balaban J connectivity index is 2.05. The monoisotopic (exact) mass is 278 g/mol. The summed E-state index contributed by atoms with van der Waals surface area (Å²) in [6.45, 7) is 5.88. The summed E-state index contributed by atoms with van der Waals surface area (Å²) in [7, 11) is 0. The van der Waals surface area contributed by atoms with Crippen LogP contribution in [0.15, 0.2) is 12.4 Å². The van der Waals surface area contributed by atoms with Crippen molar-refractivity contribution in [2.24, 2.45) is 0 Å². The van der Waals surface area contributed by atoms with Gasteiger partial charge in [0.15, 0.2) is 0 Å². The average molecular weight is 278 g/mol. The number of nitriles is 1. The molecule has 1 aliphatic heterocycles. The third-order valence-electron chi connectivity index (χ3n) is 2.98. The maximum absolute atomic E-state index is 12.0. The number of carbonyl (C=O) groups excluding carboxylic acids is 1. The van der Waals surface area contributed by atoms with E-state index in [4.69, 9.17) is 10.00 Å². The second-order valence-electron chi connectivity index (χ2n) is 5.84. The largest absolute Gasteiger partial charge is 0.444 e. The van der Waals surface area contributed by atoms with Crippen molar-refractivity contribution >= 4 is 6.09 Å². The van der Waals surface area contributed by atoms with Gasteiger partial charge >= 0.3 is 6.09 Å². The molecule has 0 aromatic carbocycles. The van der Waals surface area contributed by atoms with E-state index in [1.165, 1.54) is 15.8 Å². The number of likely N-dealkylation sites (tertiary alicyclic amines) is 1. The maximum atomic E-state index is 12.0. The molecule has 1 amide bonds. The van der Waals surface area contributed by atoms with Gasteiger partial charge in [0.05, 0.1) is 30.5 Å². The molecule has 108 valence electrons. The van der Waals surface area contributed by atoms with Crippen LogP contribution in [-0.2, 0) is 4.74 Å². The number of β-amino-alcohol motifs (C(OH)–C–C–N with tert-alkyl or cyclic N) is 1. The number of hydrogen-bond donors (Lipinski definition) is 1. The zero-order valence-electron chi connectivity index (χ0n) is 11.8. The van der Waals surface area contributed by atoms with Crippen molar-refractivity contribution in [2.45, 2.75) is 38.5 Å². The highest BCUT2D eigenvalue weighted by Gasteiger charge is 2.37. The molecule has 2 unspecified atom stereocenters. The van der Waals surface area contributed by atoms with E-state index < -0.39 is 17.8 Å². The number of aliphatic hydroxyl groups excluding tert-OH is 1. The predicted molar refractivity (Wildman–Crippen MR) is 69.8 cm³/mol. The van der Waals surface area contributed by atoms with Crippen LogP contribution in [0.25, 0.3) is 0 Å². The van der Waals surface area contributed by atoms with Gasteiger partial charge in [0, 0.05) is 12.7 Å². The smallest absolute Gasteiger partial charge is 0.410 e. The molecular formula is C13H18N4O3. The van der Waals surface area contributed by atoms with E-state index in [0.29, 0.717) is 12.1 Å². The molecule has 1 aliphatic rings. The van der Waals surface area contributed by atoms with E-state index in [9.17, 15) is 9.90 Å².